The van der Waals surface area contributed by atoms with Crippen LogP contribution in [0.15, 0.2) is 52.4 Å². The lowest BCUT2D eigenvalue weighted by Crippen LogP contribution is -2.24. The molecule has 1 aromatic carbocycles. The van der Waals surface area contributed by atoms with Crippen LogP contribution in [0.5, 0.6) is 5.75 Å². The van der Waals surface area contributed by atoms with Crippen molar-refractivity contribution in [1.29, 1.82) is 0 Å². The van der Waals surface area contributed by atoms with E-state index in [1.165, 1.54) is 22.3 Å². The smallest absolute Gasteiger partial charge is 0.246 e. The fraction of sp³-hybridized carbons (Fsp3) is 0.167. The average molecular weight is 355 g/mol. The van der Waals surface area contributed by atoms with Crippen LogP contribution >= 0.6 is 11.3 Å². The van der Waals surface area contributed by atoms with Gasteiger partial charge in [-0.25, -0.2) is 0 Å². The molecule has 0 aliphatic carbocycles. The molecule has 2 heterocycles. The quantitative estimate of drug-likeness (QED) is 0.633. The Morgan fingerprint density at radius 3 is 2.92 bits per heavy atom. The first-order chi connectivity index (χ1) is 12.2. The molecule has 3 aromatic rings. The number of hydrogen-bond donors (Lipinski definition) is 0. The van der Waals surface area contributed by atoms with Gasteiger partial charge in [0.1, 0.15) is 5.75 Å². The molecule has 25 heavy (non-hydrogen) atoms. The molecule has 0 unspecified atom stereocenters. The SMILES string of the molecule is COc1ccccc1/C=C/C(=O)N(C)Cc1nc(-c2cccs2)no1. The third-order valence-corrected chi connectivity index (χ3v) is 4.37. The predicted molar refractivity (Wildman–Crippen MR) is 96.1 cm³/mol. The summed E-state index contributed by atoms with van der Waals surface area (Å²) in [7, 11) is 3.28. The lowest BCUT2D eigenvalue weighted by molar-refractivity contribution is -0.125. The minimum atomic E-state index is -0.165. The van der Waals surface area contributed by atoms with Gasteiger partial charge in [-0.15, -0.1) is 11.3 Å². The van der Waals surface area contributed by atoms with Gasteiger partial charge in [0.25, 0.3) is 0 Å². The summed E-state index contributed by atoms with van der Waals surface area (Å²) in [5.41, 5.74) is 0.838. The zero-order valence-electron chi connectivity index (χ0n) is 13.9. The highest BCUT2D eigenvalue weighted by Crippen LogP contribution is 2.22. The van der Waals surface area contributed by atoms with Crippen LogP contribution in [0.4, 0.5) is 0 Å². The molecule has 0 N–H and O–H groups in total. The van der Waals surface area contributed by atoms with E-state index in [1.807, 2.05) is 41.8 Å². The number of amides is 1. The number of thiophene rings is 1. The van der Waals surface area contributed by atoms with Crippen LogP contribution in [0.1, 0.15) is 11.5 Å². The average Bonchev–Trinajstić information content (AvgIpc) is 3.31. The van der Waals surface area contributed by atoms with Gasteiger partial charge in [0.15, 0.2) is 0 Å². The topological polar surface area (TPSA) is 68.5 Å². The van der Waals surface area contributed by atoms with Gasteiger partial charge in [-0.05, 0) is 23.6 Å². The number of hydrogen-bond acceptors (Lipinski definition) is 6. The number of nitrogens with zero attached hydrogens (tertiary/aromatic N) is 3. The minimum Gasteiger partial charge on any atom is -0.496 e. The second-order valence-corrected chi connectivity index (χ2v) is 6.21. The number of carbonyl (C=O) groups is 1. The van der Waals surface area contributed by atoms with Gasteiger partial charge in [0, 0.05) is 18.7 Å². The molecule has 2 aromatic heterocycles. The Morgan fingerprint density at radius 2 is 2.16 bits per heavy atom. The number of carbonyl (C=O) groups excluding carboxylic acids is 1. The highest BCUT2D eigenvalue weighted by Gasteiger charge is 2.13. The highest BCUT2D eigenvalue weighted by molar-refractivity contribution is 7.13. The van der Waals surface area contributed by atoms with E-state index < -0.39 is 0 Å². The number of para-hydroxylation sites is 1. The maximum absolute atomic E-state index is 12.3. The molecule has 3 rings (SSSR count). The van der Waals surface area contributed by atoms with Gasteiger partial charge < -0.3 is 14.2 Å². The van der Waals surface area contributed by atoms with Crippen LogP contribution < -0.4 is 4.74 Å². The zero-order chi connectivity index (χ0) is 17.6. The molecule has 6 nitrogen and oxygen atoms in total. The standard InChI is InChI=1S/C18H17N3O3S/c1-21(12-16-19-18(20-24-16)15-8-5-11-25-15)17(22)10-9-13-6-3-4-7-14(13)23-2/h3-11H,12H2,1-2H3/b10-9+. The van der Waals surface area contributed by atoms with E-state index in [1.54, 1.807) is 20.2 Å². The molecule has 0 radical (unpaired) electrons. The molecule has 0 atom stereocenters. The summed E-state index contributed by atoms with van der Waals surface area (Å²) in [4.78, 5) is 19.0. The first kappa shape index (κ1) is 16.9. The minimum absolute atomic E-state index is 0.165. The fourth-order valence-electron chi connectivity index (χ4n) is 2.20. The van der Waals surface area contributed by atoms with Crippen molar-refractivity contribution in [2.24, 2.45) is 0 Å². The third kappa shape index (κ3) is 4.13. The summed E-state index contributed by atoms with van der Waals surface area (Å²) >= 11 is 1.54. The Labute approximate surface area is 149 Å². The molecule has 0 saturated heterocycles. The van der Waals surface area contributed by atoms with E-state index >= 15 is 0 Å². The van der Waals surface area contributed by atoms with E-state index in [0.717, 1.165) is 10.4 Å². The van der Waals surface area contributed by atoms with Crippen molar-refractivity contribution in [1.82, 2.24) is 15.0 Å². The molecule has 0 aliphatic heterocycles. The van der Waals surface area contributed by atoms with E-state index in [0.29, 0.717) is 17.5 Å². The second-order valence-electron chi connectivity index (χ2n) is 5.26. The molecule has 0 bridgehead atoms. The normalized spacial score (nSPS) is 11.0. The molecule has 0 fully saturated rings. The summed E-state index contributed by atoms with van der Waals surface area (Å²) in [6, 6.07) is 11.3. The molecule has 7 heteroatoms. The van der Waals surface area contributed by atoms with E-state index in [-0.39, 0.29) is 12.5 Å². The predicted octanol–water partition coefficient (Wildman–Crippen LogP) is 3.48. The summed E-state index contributed by atoms with van der Waals surface area (Å²) in [5, 5.41) is 5.89. The number of benzene rings is 1. The van der Waals surface area contributed by atoms with Gasteiger partial charge in [0.05, 0.1) is 18.5 Å². The first-order valence-corrected chi connectivity index (χ1v) is 8.48. The van der Waals surface area contributed by atoms with Crippen LogP contribution in [0.25, 0.3) is 16.8 Å². The summed E-state index contributed by atoms with van der Waals surface area (Å²) in [5.74, 6) is 1.48. The van der Waals surface area contributed by atoms with E-state index in [9.17, 15) is 4.79 Å². The van der Waals surface area contributed by atoms with Crippen molar-refractivity contribution in [3.05, 3.63) is 59.3 Å². The summed E-state index contributed by atoms with van der Waals surface area (Å²) in [6.07, 6.45) is 3.22. The first-order valence-electron chi connectivity index (χ1n) is 7.60. The van der Waals surface area contributed by atoms with Crippen molar-refractivity contribution in [2.75, 3.05) is 14.2 Å². The number of rotatable bonds is 6. The maximum Gasteiger partial charge on any atom is 0.246 e. The van der Waals surface area contributed by atoms with E-state index in [2.05, 4.69) is 10.1 Å². The van der Waals surface area contributed by atoms with Crippen LogP contribution in [-0.2, 0) is 11.3 Å². The van der Waals surface area contributed by atoms with Crippen LogP contribution in [0.2, 0.25) is 0 Å². The molecular formula is C18H17N3O3S. The van der Waals surface area contributed by atoms with Crippen molar-refractivity contribution < 1.29 is 14.1 Å². The van der Waals surface area contributed by atoms with Gasteiger partial charge >= 0.3 is 0 Å². The second kappa shape index (κ2) is 7.76. The molecule has 0 aliphatic rings. The Morgan fingerprint density at radius 1 is 1.32 bits per heavy atom. The molecule has 1 amide bonds. The monoisotopic (exact) mass is 355 g/mol. The molecule has 0 spiro atoms. The van der Waals surface area contributed by atoms with Crippen molar-refractivity contribution in [2.45, 2.75) is 6.54 Å². The van der Waals surface area contributed by atoms with Gasteiger partial charge in [0.2, 0.25) is 17.6 Å². The lowest BCUT2D eigenvalue weighted by atomic mass is 10.2. The molecule has 0 saturated carbocycles. The summed E-state index contributed by atoms with van der Waals surface area (Å²) in [6.45, 7) is 0.244. The molecular weight excluding hydrogens is 338 g/mol. The third-order valence-electron chi connectivity index (χ3n) is 3.50. The largest absolute Gasteiger partial charge is 0.496 e. The van der Waals surface area contributed by atoms with Gasteiger partial charge in [-0.3, -0.25) is 4.79 Å². The van der Waals surface area contributed by atoms with Crippen molar-refractivity contribution in [3.63, 3.8) is 0 Å². The Balaban J connectivity index is 1.64. The van der Waals surface area contributed by atoms with E-state index in [4.69, 9.17) is 9.26 Å². The number of likely N-dealkylation sites (N-methyl/N-ethyl adjacent to an activating group) is 1. The fourth-order valence-corrected chi connectivity index (χ4v) is 2.85. The highest BCUT2D eigenvalue weighted by atomic mass is 32.1. The van der Waals surface area contributed by atoms with Crippen LogP contribution in [-0.4, -0.2) is 35.1 Å². The number of aromatic nitrogens is 2. The molecule has 128 valence electrons. The zero-order valence-corrected chi connectivity index (χ0v) is 14.7. The summed E-state index contributed by atoms with van der Waals surface area (Å²) < 4.78 is 10.5. The Bertz CT molecular complexity index is 871. The van der Waals surface area contributed by atoms with Gasteiger partial charge in [-0.1, -0.05) is 29.4 Å². The van der Waals surface area contributed by atoms with Gasteiger partial charge in [-0.2, -0.15) is 4.98 Å². The van der Waals surface area contributed by atoms with Crippen molar-refractivity contribution in [3.8, 4) is 16.5 Å². The number of methoxy groups -OCH3 is 1. The Hall–Kier alpha value is -2.93. The van der Waals surface area contributed by atoms with Crippen molar-refractivity contribution >= 4 is 23.3 Å². The Kier molecular flexibility index (Phi) is 5.25. The van der Waals surface area contributed by atoms with Crippen LogP contribution in [0.3, 0.4) is 0 Å². The maximum atomic E-state index is 12.3. The van der Waals surface area contributed by atoms with Crippen LogP contribution in [0, 0.1) is 0 Å². The lowest BCUT2D eigenvalue weighted by Gasteiger charge is -2.12. The number of ether oxygens (including phenoxy) is 1.